The summed E-state index contributed by atoms with van der Waals surface area (Å²) in [5.74, 6) is 1.64. The number of fused-ring (bicyclic) bond motifs is 6. The predicted molar refractivity (Wildman–Crippen MR) is 252 cm³/mol. The van der Waals surface area contributed by atoms with Crippen LogP contribution in [-0.4, -0.2) is 119 Å². The molecule has 16 nitrogen and oxygen atoms in total. The lowest BCUT2D eigenvalue weighted by molar-refractivity contribution is -0.140. The van der Waals surface area contributed by atoms with Gasteiger partial charge in [0.15, 0.2) is 0 Å². The number of aryl methyl sites for hydroxylation is 2. The van der Waals surface area contributed by atoms with Gasteiger partial charge in [-0.1, -0.05) is 36.4 Å². The molecular weight excluding hydrogens is 865 g/mol. The molecule has 4 amide bonds. The summed E-state index contributed by atoms with van der Waals surface area (Å²) in [7, 11) is 2.65. The molecule has 1 saturated carbocycles. The number of piperidine rings is 1. The third-order valence-corrected chi connectivity index (χ3v) is 15.8. The van der Waals surface area contributed by atoms with Crippen LogP contribution in [0.2, 0.25) is 0 Å². The lowest BCUT2D eigenvalue weighted by Gasteiger charge is -2.39. The summed E-state index contributed by atoms with van der Waals surface area (Å²) in [6, 6.07) is 18.1. The second kappa shape index (κ2) is 18.7. The Morgan fingerprint density at radius 3 is 2.00 bits per heavy atom. The molecule has 2 aliphatic carbocycles. The van der Waals surface area contributed by atoms with Gasteiger partial charge in [0, 0.05) is 39.0 Å². The molecule has 1 unspecified atom stereocenters. The molecule has 11 rings (SSSR count). The molecule has 5 fully saturated rings. The van der Waals surface area contributed by atoms with E-state index in [1.165, 1.54) is 36.5 Å². The van der Waals surface area contributed by atoms with E-state index in [1.54, 1.807) is 0 Å². The van der Waals surface area contributed by atoms with Gasteiger partial charge in [-0.2, -0.15) is 0 Å². The van der Waals surface area contributed by atoms with Gasteiger partial charge in [-0.05, 0) is 146 Å². The molecule has 4 aliphatic heterocycles. The van der Waals surface area contributed by atoms with Crippen LogP contribution in [0.15, 0.2) is 60.8 Å². The van der Waals surface area contributed by atoms with Gasteiger partial charge in [0.1, 0.15) is 23.7 Å². The summed E-state index contributed by atoms with van der Waals surface area (Å²) in [5.41, 5.74) is 11.0. The Kier molecular flexibility index (Phi) is 12.2. The standard InChI is InChI=1S/C52H60N8O8/c1-65-51(63)57-44(29-15-20-67-21-16-29)49(61)59-19-3-4-43(59)47-53-28-42(56-47)35-9-13-39-34(25-35)6-5-33-24-31(8-12-38(33)39)32-10-14-40-41(27-32)55-48(54-40)46-36-7-11-37(26-36)60(46)50(62)45(58-52(64)66-2)30-17-22-68-23-18-30/h8-10,12-14,24-25,27-30,36-37,43-46H,3-7,11,15-23,26H2,1-2H3,(H,53,56)(H,54,55)(H,57,63)(H,58,64)/t36-,37+,43-,44-,45-,46?/m0/s1. The first-order chi connectivity index (χ1) is 33.2. The lowest BCUT2D eigenvalue weighted by atomic mass is 9.83. The number of aromatic amines is 2. The van der Waals surface area contributed by atoms with E-state index >= 15 is 0 Å². The fourth-order valence-electron chi connectivity index (χ4n) is 12.3. The molecule has 0 radical (unpaired) electrons. The molecule has 2 bridgehead atoms. The number of aromatic nitrogens is 4. The number of hydrogen-bond acceptors (Lipinski definition) is 10. The van der Waals surface area contributed by atoms with E-state index in [2.05, 4.69) is 75.2 Å². The number of alkyl carbamates (subject to hydrolysis) is 2. The van der Waals surface area contributed by atoms with Crippen molar-refractivity contribution in [1.82, 2.24) is 40.4 Å². The second-order valence-corrected chi connectivity index (χ2v) is 19.5. The van der Waals surface area contributed by atoms with E-state index in [4.69, 9.17) is 28.9 Å². The topological polar surface area (TPSA) is 193 Å². The molecule has 6 aliphatic rings. The SMILES string of the molecule is COC(=O)N[C@H](C(=O)N1CCC[C@H]1c1ncc(-c2ccc3c(c2)CCc2cc(-c4ccc5nc(C6[C@H]7CC[C@H](C7)N6C(=O)[C@@H](NC(=O)OC)C6CCOCC6)[nH]c5c4)ccc2-3)[nH]1)C1CCOCC1. The summed E-state index contributed by atoms with van der Waals surface area (Å²) < 4.78 is 21.0. The molecule has 68 heavy (non-hydrogen) atoms. The van der Waals surface area contributed by atoms with Crippen LogP contribution < -0.4 is 10.6 Å². The van der Waals surface area contributed by atoms with E-state index in [9.17, 15) is 19.2 Å². The molecular formula is C52H60N8O8. The number of carbonyl (C=O) groups is 4. The van der Waals surface area contributed by atoms with Gasteiger partial charge in [0.2, 0.25) is 11.8 Å². The van der Waals surface area contributed by atoms with Crippen molar-refractivity contribution in [2.24, 2.45) is 17.8 Å². The van der Waals surface area contributed by atoms with Crippen LogP contribution in [0, 0.1) is 17.8 Å². The van der Waals surface area contributed by atoms with E-state index in [0.717, 1.165) is 90.0 Å². The van der Waals surface area contributed by atoms with Gasteiger partial charge in [0.25, 0.3) is 0 Å². The summed E-state index contributed by atoms with van der Waals surface area (Å²) in [4.78, 5) is 74.5. The van der Waals surface area contributed by atoms with Crippen molar-refractivity contribution in [3.63, 3.8) is 0 Å². The lowest BCUT2D eigenvalue weighted by Crippen LogP contribution is -2.55. The molecule has 6 heterocycles. The van der Waals surface area contributed by atoms with Crippen LogP contribution >= 0.6 is 0 Å². The number of carbonyl (C=O) groups excluding carboxylic acids is 4. The van der Waals surface area contributed by atoms with Crippen molar-refractivity contribution in [3.05, 3.63) is 83.6 Å². The Balaban J connectivity index is 0.799. The molecule has 3 aromatic carbocycles. The molecule has 4 saturated heterocycles. The Morgan fingerprint density at radius 1 is 0.706 bits per heavy atom. The second-order valence-electron chi connectivity index (χ2n) is 19.5. The van der Waals surface area contributed by atoms with Crippen LogP contribution in [0.5, 0.6) is 0 Å². The zero-order chi connectivity index (χ0) is 46.5. The number of hydrogen-bond donors (Lipinski definition) is 4. The number of nitrogens with one attached hydrogen (secondary N) is 4. The normalized spacial score (nSPS) is 23.5. The van der Waals surface area contributed by atoms with Crippen LogP contribution in [0.25, 0.3) is 44.5 Å². The monoisotopic (exact) mass is 924 g/mol. The predicted octanol–water partition coefficient (Wildman–Crippen LogP) is 7.40. The number of imidazole rings is 2. The molecule has 0 spiro atoms. The van der Waals surface area contributed by atoms with E-state index in [0.29, 0.717) is 64.6 Å². The maximum Gasteiger partial charge on any atom is 0.407 e. The Morgan fingerprint density at radius 2 is 1.32 bits per heavy atom. The summed E-state index contributed by atoms with van der Waals surface area (Å²) >= 11 is 0. The van der Waals surface area contributed by atoms with Crippen molar-refractivity contribution in [1.29, 1.82) is 0 Å². The van der Waals surface area contributed by atoms with Crippen LogP contribution in [0.3, 0.4) is 0 Å². The fourth-order valence-corrected chi connectivity index (χ4v) is 12.3. The highest BCUT2D eigenvalue weighted by molar-refractivity contribution is 5.89. The summed E-state index contributed by atoms with van der Waals surface area (Å²) in [5, 5.41) is 5.73. The number of likely N-dealkylation sites (tertiary alicyclic amines) is 2. The van der Waals surface area contributed by atoms with E-state index < -0.39 is 24.3 Å². The van der Waals surface area contributed by atoms with E-state index in [1.807, 2.05) is 16.0 Å². The van der Waals surface area contributed by atoms with Crippen LogP contribution in [0.4, 0.5) is 9.59 Å². The van der Waals surface area contributed by atoms with Gasteiger partial charge in [-0.15, -0.1) is 0 Å². The van der Waals surface area contributed by atoms with Gasteiger partial charge in [-0.25, -0.2) is 19.6 Å². The first-order valence-corrected chi connectivity index (χ1v) is 24.5. The number of H-pyrrole nitrogens is 2. The van der Waals surface area contributed by atoms with Gasteiger partial charge in [0.05, 0.1) is 49.2 Å². The molecule has 2 aromatic heterocycles. The van der Waals surface area contributed by atoms with Gasteiger partial charge >= 0.3 is 12.2 Å². The van der Waals surface area contributed by atoms with Crippen molar-refractivity contribution >= 4 is 35.0 Å². The van der Waals surface area contributed by atoms with E-state index in [-0.39, 0.29) is 41.8 Å². The van der Waals surface area contributed by atoms with Crippen molar-refractivity contribution in [2.45, 2.75) is 101 Å². The van der Waals surface area contributed by atoms with Gasteiger partial charge in [-0.3, -0.25) is 9.59 Å². The summed E-state index contributed by atoms with van der Waals surface area (Å²) in [6.07, 6.45) is 9.84. The smallest absolute Gasteiger partial charge is 0.407 e. The van der Waals surface area contributed by atoms with Crippen molar-refractivity contribution in [2.75, 3.05) is 47.2 Å². The minimum atomic E-state index is -0.681. The highest BCUT2D eigenvalue weighted by Gasteiger charge is 2.52. The quantitative estimate of drug-likeness (QED) is 0.110. The first kappa shape index (κ1) is 44.3. The fraction of sp³-hybridized carbons (Fsp3) is 0.500. The maximum atomic E-state index is 14.5. The Labute approximate surface area is 395 Å². The Bertz CT molecular complexity index is 2720. The minimum Gasteiger partial charge on any atom is -0.453 e. The number of rotatable bonds is 10. The molecule has 6 atom stereocenters. The Hall–Kier alpha value is -6.26. The number of amides is 4. The minimum absolute atomic E-state index is 0.0248. The average Bonchev–Trinajstić information content (AvgIpc) is 4.26. The third kappa shape index (κ3) is 8.28. The third-order valence-electron chi connectivity index (χ3n) is 15.8. The number of methoxy groups -OCH3 is 2. The number of ether oxygens (including phenoxy) is 4. The van der Waals surface area contributed by atoms with Crippen molar-refractivity contribution < 1.29 is 38.1 Å². The molecule has 16 heteroatoms. The zero-order valence-corrected chi connectivity index (χ0v) is 38.8. The van der Waals surface area contributed by atoms with Crippen molar-refractivity contribution in [3.8, 4) is 33.5 Å². The maximum absolute atomic E-state index is 14.5. The van der Waals surface area contributed by atoms with Gasteiger partial charge < -0.3 is 49.3 Å². The first-order valence-electron chi connectivity index (χ1n) is 24.5. The molecule has 356 valence electrons. The highest BCUT2D eigenvalue weighted by atomic mass is 16.5. The number of benzene rings is 3. The number of nitrogens with zero attached hydrogens (tertiary/aromatic N) is 4. The zero-order valence-electron chi connectivity index (χ0n) is 38.8. The van der Waals surface area contributed by atoms with Crippen LogP contribution in [-0.2, 0) is 41.4 Å². The largest absolute Gasteiger partial charge is 0.453 e. The van der Waals surface area contributed by atoms with Crippen LogP contribution in [0.1, 0.15) is 92.6 Å². The summed E-state index contributed by atoms with van der Waals surface area (Å²) in [6.45, 7) is 2.86. The average molecular weight is 925 g/mol. The molecule has 5 aromatic rings. The highest BCUT2D eigenvalue weighted by Crippen LogP contribution is 2.50. The molecule has 4 N–H and O–H groups in total.